The molecule has 0 saturated carbocycles. The van der Waals surface area contributed by atoms with Crippen LogP contribution in [0.25, 0.3) is 0 Å². The van der Waals surface area contributed by atoms with Crippen LogP contribution >= 0.6 is 11.8 Å². The molecule has 0 fully saturated rings. The summed E-state index contributed by atoms with van der Waals surface area (Å²) >= 11 is 1.74. The second-order valence-electron chi connectivity index (χ2n) is 4.24. The Labute approximate surface area is 116 Å². The number of carboxylic acids is 1. The van der Waals surface area contributed by atoms with Crippen molar-refractivity contribution in [3.63, 3.8) is 0 Å². The van der Waals surface area contributed by atoms with Crippen LogP contribution in [-0.4, -0.2) is 16.1 Å². The van der Waals surface area contributed by atoms with Gasteiger partial charge in [-0.05, 0) is 30.2 Å². The van der Waals surface area contributed by atoms with Gasteiger partial charge in [0.25, 0.3) is 0 Å². The summed E-state index contributed by atoms with van der Waals surface area (Å²) in [6.45, 7) is 2.10. The van der Waals surface area contributed by atoms with Crippen molar-refractivity contribution < 1.29 is 9.90 Å². The molecule has 3 nitrogen and oxygen atoms in total. The first-order valence-electron chi connectivity index (χ1n) is 5.98. The Kier molecular flexibility index (Phi) is 4.58. The molecular formula is C15H15NO2S. The number of aromatic carboxylic acids is 1. The van der Waals surface area contributed by atoms with E-state index in [4.69, 9.17) is 5.11 Å². The number of hydrogen-bond donors (Lipinski definition) is 1. The highest BCUT2D eigenvalue weighted by Crippen LogP contribution is 2.19. The highest BCUT2D eigenvalue weighted by Gasteiger charge is 2.05. The van der Waals surface area contributed by atoms with Crippen LogP contribution in [0.5, 0.6) is 0 Å². The molecule has 1 heterocycles. The molecule has 1 N–H and O–H groups in total. The molecule has 2 aromatic rings. The van der Waals surface area contributed by atoms with Gasteiger partial charge in [0.1, 0.15) is 5.69 Å². The van der Waals surface area contributed by atoms with Crippen molar-refractivity contribution in [2.45, 2.75) is 18.4 Å². The van der Waals surface area contributed by atoms with Gasteiger partial charge < -0.3 is 5.11 Å². The van der Waals surface area contributed by atoms with Crippen LogP contribution in [0.2, 0.25) is 0 Å². The minimum Gasteiger partial charge on any atom is -0.477 e. The van der Waals surface area contributed by atoms with Crippen molar-refractivity contribution in [2.75, 3.05) is 0 Å². The Balaban J connectivity index is 1.94. The first kappa shape index (κ1) is 13.6. The van der Waals surface area contributed by atoms with E-state index in [9.17, 15) is 4.79 Å². The third kappa shape index (κ3) is 3.83. The molecule has 0 spiro atoms. The van der Waals surface area contributed by atoms with Gasteiger partial charge in [0, 0.05) is 11.5 Å². The molecule has 2 rings (SSSR count). The number of rotatable bonds is 5. The lowest BCUT2D eigenvalue weighted by atomic mass is 10.1. The summed E-state index contributed by atoms with van der Waals surface area (Å²) in [6, 6.07) is 13.4. The summed E-state index contributed by atoms with van der Waals surface area (Å²) in [6.07, 6.45) is 0. The average Bonchev–Trinajstić information content (AvgIpc) is 2.41. The SMILES string of the molecule is Cc1ccccc1CSCc1cccc(C(=O)O)n1. The van der Waals surface area contributed by atoms with Crippen LogP contribution in [0.1, 0.15) is 27.3 Å². The molecule has 0 amide bonds. The number of carbonyl (C=O) groups is 1. The van der Waals surface area contributed by atoms with E-state index in [1.807, 2.05) is 18.2 Å². The zero-order valence-electron chi connectivity index (χ0n) is 10.7. The monoisotopic (exact) mass is 273 g/mol. The predicted octanol–water partition coefficient (Wildman–Crippen LogP) is 3.52. The highest BCUT2D eigenvalue weighted by atomic mass is 32.2. The number of benzene rings is 1. The first-order valence-corrected chi connectivity index (χ1v) is 7.14. The maximum absolute atomic E-state index is 10.8. The number of pyridine rings is 1. The fourth-order valence-corrected chi connectivity index (χ4v) is 2.73. The van der Waals surface area contributed by atoms with Crippen molar-refractivity contribution >= 4 is 17.7 Å². The van der Waals surface area contributed by atoms with E-state index in [1.165, 1.54) is 17.2 Å². The summed E-state index contributed by atoms with van der Waals surface area (Å²) in [5.41, 5.74) is 3.50. The van der Waals surface area contributed by atoms with Gasteiger partial charge in [0.05, 0.1) is 5.69 Å². The van der Waals surface area contributed by atoms with Gasteiger partial charge in [0.2, 0.25) is 0 Å². The Morgan fingerprint density at radius 2 is 1.95 bits per heavy atom. The second-order valence-corrected chi connectivity index (χ2v) is 5.22. The van der Waals surface area contributed by atoms with Crippen LogP contribution < -0.4 is 0 Å². The minimum absolute atomic E-state index is 0.106. The fourth-order valence-electron chi connectivity index (χ4n) is 1.72. The van der Waals surface area contributed by atoms with Gasteiger partial charge in [-0.1, -0.05) is 30.3 Å². The molecule has 0 saturated heterocycles. The van der Waals surface area contributed by atoms with Gasteiger partial charge in [-0.2, -0.15) is 11.8 Å². The number of nitrogens with zero attached hydrogens (tertiary/aromatic N) is 1. The molecule has 0 atom stereocenters. The molecular weight excluding hydrogens is 258 g/mol. The van der Waals surface area contributed by atoms with Crippen molar-refractivity contribution in [1.82, 2.24) is 4.98 Å². The third-order valence-corrected chi connectivity index (χ3v) is 3.81. The Morgan fingerprint density at radius 1 is 1.16 bits per heavy atom. The lowest BCUT2D eigenvalue weighted by Crippen LogP contribution is -2.01. The van der Waals surface area contributed by atoms with Crippen LogP contribution in [0.3, 0.4) is 0 Å². The molecule has 0 unspecified atom stereocenters. The van der Waals surface area contributed by atoms with E-state index in [-0.39, 0.29) is 5.69 Å². The lowest BCUT2D eigenvalue weighted by molar-refractivity contribution is 0.0690. The first-order chi connectivity index (χ1) is 9.16. The molecule has 98 valence electrons. The quantitative estimate of drug-likeness (QED) is 0.905. The summed E-state index contributed by atoms with van der Waals surface area (Å²) in [5.74, 6) is 0.645. The van der Waals surface area contributed by atoms with E-state index < -0.39 is 5.97 Å². The number of carboxylic acid groups (broad SMARTS) is 1. The smallest absolute Gasteiger partial charge is 0.354 e. The van der Waals surface area contributed by atoms with Gasteiger partial charge in [-0.15, -0.1) is 0 Å². The zero-order chi connectivity index (χ0) is 13.7. The van der Waals surface area contributed by atoms with Crippen LogP contribution in [0.15, 0.2) is 42.5 Å². The molecule has 0 radical (unpaired) electrons. The molecule has 0 aliphatic heterocycles. The Hall–Kier alpha value is -1.81. The van der Waals surface area contributed by atoms with E-state index >= 15 is 0 Å². The number of hydrogen-bond acceptors (Lipinski definition) is 3. The maximum atomic E-state index is 10.8. The maximum Gasteiger partial charge on any atom is 0.354 e. The van der Waals surface area contributed by atoms with Crippen LogP contribution in [0.4, 0.5) is 0 Å². The highest BCUT2D eigenvalue weighted by molar-refractivity contribution is 7.97. The van der Waals surface area contributed by atoms with Crippen molar-refractivity contribution in [1.29, 1.82) is 0 Å². The summed E-state index contributed by atoms with van der Waals surface area (Å²) in [7, 11) is 0. The van der Waals surface area contributed by atoms with Gasteiger partial charge in [-0.25, -0.2) is 9.78 Å². The second kappa shape index (κ2) is 6.38. The number of thioether (sulfide) groups is 1. The molecule has 0 aliphatic rings. The largest absolute Gasteiger partial charge is 0.477 e. The van der Waals surface area contributed by atoms with E-state index in [1.54, 1.807) is 17.8 Å². The molecule has 1 aromatic heterocycles. The normalized spacial score (nSPS) is 10.4. The zero-order valence-corrected chi connectivity index (χ0v) is 11.5. The molecule has 1 aromatic carbocycles. The van der Waals surface area contributed by atoms with Crippen LogP contribution in [0, 0.1) is 6.92 Å². The molecule has 19 heavy (non-hydrogen) atoms. The molecule has 4 heteroatoms. The minimum atomic E-state index is -0.981. The average molecular weight is 273 g/mol. The van der Waals surface area contributed by atoms with Crippen molar-refractivity contribution in [3.8, 4) is 0 Å². The summed E-state index contributed by atoms with van der Waals surface area (Å²) < 4.78 is 0. The fraction of sp³-hybridized carbons (Fsp3) is 0.200. The predicted molar refractivity (Wildman–Crippen MR) is 77.4 cm³/mol. The Morgan fingerprint density at radius 3 is 2.68 bits per heavy atom. The summed E-state index contributed by atoms with van der Waals surface area (Å²) in [4.78, 5) is 14.9. The van der Waals surface area contributed by atoms with E-state index in [0.717, 1.165) is 17.2 Å². The van der Waals surface area contributed by atoms with Crippen molar-refractivity contribution in [2.24, 2.45) is 0 Å². The van der Waals surface area contributed by atoms with Crippen molar-refractivity contribution in [3.05, 3.63) is 65.0 Å². The topological polar surface area (TPSA) is 50.2 Å². The number of aromatic nitrogens is 1. The Bertz CT molecular complexity index is 584. The van der Waals surface area contributed by atoms with Gasteiger partial charge >= 0.3 is 5.97 Å². The van der Waals surface area contributed by atoms with Crippen LogP contribution in [-0.2, 0) is 11.5 Å². The van der Waals surface area contributed by atoms with Gasteiger partial charge in [0.15, 0.2) is 0 Å². The lowest BCUT2D eigenvalue weighted by Gasteiger charge is -2.05. The molecule has 0 aliphatic carbocycles. The van der Waals surface area contributed by atoms with E-state index in [0.29, 0.717) is 0 Å². The van der Waals surface area contributed by atoms with E-state index in [2.05, 4.69) is 24.0 Å². The third-order valence-electron chi connectivity index (χ3n) is 2.79. The standard InChI is InChI=1S/C15H15NO2S/c1-11-5-2-3-6-12(11)9-19-10-13-7-4-8-14(16-13)15(17)18/h2-8H,9-10H2,1H3,(H,17,18). The van der Waals surface area contributed by atoms with Gasteiger partial charge in [-0.3, -0.25) is 0 Å². The summed E-state index contributed by atoms with van der Waals surface area (Å²) in [5, 5.41) is 8.88. The number of aryl methyl sites for hydroxylation is 1. The molecule has 0 bridgehead atoms.